The van der Waals surface area contributed by atoms with Gasteiger partial charge in [0.25, 0.3) is 0 Å². The summed E-state index contributed by atoms with van der Waals surface area (Å²) in [6, 6.07) is 29.3. The van der Waals surface area contributed by atoms with Crippen molar-refractivity contribution in [3.8, 4) is 11.1 Å². The lowest BCUT2D eigenvalue weighted by Crippen LogP contribution is -2.10. The topological polar surface area (TPSA) is 45.8 Å². The van der Waals surface area contributed by atoms with Crippen LogP contribution >= 0.6 is 0 Å². The van der Waals surface area contributed by atoms with E-state index in [1.807, 2.05) is 48.5 Å². The molecule has 3 aromatic rings. The predicted octanol–water partition coefficient (Wildman–Crippen LogP) is 4.43. The van der Waals surface area contributed by atoms with E-state index >= 15 is 0 Å². The van der Waals surface area contributed by atoms with Gasteiger partial charge < -0.3 is 5.41 Å². The number of hydrogen-bond acceptors (Lipinski definition) is 2. The average Bonchev–Trinajstić information content (AvgIpc) is 3.43. The van der Waals surface area contributed by atoms with Gasteiger partial charge in [-0.15, -0.1) is 0 Å². The molecule has 0 saturated carbocycles. The molecular formula is C21H18N2. The quantitative estimate of drug-likeness (QED) is 0.543. The highest BCUT2D eigenvalue weighted by Crippen LogP contribution is 2.32. The molecular weight excluding hydrogens is 280 g/mol. The summed E-state index contributed by atoms with van der Waals surface area (Å²) in [5.41, 5.74) is 5.25. The minimum atomic E-state index is 0.114. The second kappa shape index (κ2) is 5.82. The van der Waals surface area contributed by atoms with Gasteiger partial charge >= 0.3 is 0 Å². The Morgan fingerprint density at radius 2 is 1.39 bits per heavy atom. The van der Waals surface area contributed by atoms with Gasteiger partial charge in [-0.1, -0.05) is 78.9 Å². The zero-order valence-corrected chi connectivity index (χ0v) is 12.7. The fourth-order valence-electron chi connectivity index (χ4n) is 3.01. The van der Waals surface area contributed by atoms with Crippen LogP contribution in [0.3, 0.4) is 0 Å². The third-order valence-corrected chi connectivity index (χ3v) is 4.33. The van der Waals surface area contributed by atoms with Crippen molar-refractivity contribution in [1.29, 1.82) is 5.41 Å². The van der Waals surface area contributed by atoms with Crippen LogP contribution in [0.15, 0.2) is 84.9 Å². The second-order valence-corrected chi connectivity index (χ2v) is 5.89. The third-order valence-electron chi connectivity index (χ3n) is 4.33. The van der Waals surface area contributed by atoms with Crippen molar-refractivity contribution in [2.75, 3.05) is 0 Å². The van der Waals surface area contributed by atoms with Crippen molar-refractivity contribution >= 4 is 5.71 Å². The van der Waals surface area contributed by atoms with E-state index in [-0.39, 0.29) is 12.1 Å². The summed E-state index contributed by atoms with van der Waals surface area (Å²) in [5, 5.41) is 11.9. The van der Waals surface area contributed by atoms with Crippen LogP contribution in [0.2, 0.25) is 0 Å². The van der Waals surface area contributed by atoms with Gasteiger partial charge in [0.15, 0.2) is 0 Å². The van der Waals surface area contributed by atoms with Crippen molar-refractivity contribution in [1.82, 2.24) is 5.32 Å². The zero-order chi connectivity index (χ0) is 15.6. The van der Waals surface area contributed by atoms with Crippen LogP contribution in [0.4, 0.5) is 0 Å². The van der Waals surface area contributed by atoms with Crippen LogP contribution in [-0.4, -0.2) is 11.8 Å². The van der Waals surface area contributed by atoms with Gasteiger partial charge in [0.2, 0.25) is 0 Å². The maximum Gasteiger partial charge on any atom is 0.0697 e. The molecule has 0 spiro atoms. The molecule has 0 radical (unpaired) electrons. The molecule has 0 aliphatic carbocycles. The fourth-order valence-corrected chi connectivity index (χ4v) is 3.01. The van der Waals surface area contributed by atoms with E-state index in [0.717, 1.165) is 11.1 Å². The van der Waals surface area contributed by atoms with Crippen molar-refractivity contribution in [3.63, 3.8) is 0 Å². The van der Waals surface area contributed by atoms with Gasteiger partial charge in [-0.05, 0) is 28.3 Å². The summed E-state index contributed by atoms with van der Waals surface area (Å²) >= 11 is 0. The molecule has 23 heavy (non-hydrogen) atoms. The zero-order valence-electron chi connectivity index (χ0n) is 12.7. The highest BCUT2D eigenvalue weighted by atomic mass is 15.2. The summed E-state index contributed by atoms with van der Waals surface area (Å²) in [5.74, 6) is 0. The minimum Gasteiger partial charge on any atom is -0.303 e. The molecule has 2 unspecified atom stereocenters. The average molecular weight is 298 g/mol. The Morgan fingerprint density at radius 1 is 0.739 bits per heavy atom. The molecule has 2 heteroatoms. The van der Waals surface area contributed by atoms with Gasteiger partial charge in [0.05, 0.1) is 17.8 Å². The molecule has 3 aromatic carbocycles. The SMILES string of the molecule is N=C(c1cccc(-c2ccccc2)c1)C1NC1c1ccccc1. The lowest BCUT2D eigenvalue weighted by Gasteiger charge is -2.06. The molecule has 1 fully saturated rings. The van der Waals surface area contributed by atoms with E-state index in [1.165, 1.54) is 11.1 Å². The van der Waals surface area contributed by atoms with Crippen LogP contribution in [0.5, 0.6) is 0 Å². The molecule has 1 heterocycles. The van der Waals surface area contributed by atoms with Gasteiger partial charge in [-0.3, -0.25) is 5.32 Å². The third kappa shape index (κ3) is 2.81. The standard InChI is InChI=1S/C21H18N2/c22-19(21-20(23-21)16-10-5-2-6-11-16)18-13-7-12-17(14-18)15-8-3-1-4-9-15/h1-14,20-23H. The van der Waals surface area contributed by atoms with Crippen molar-refractivity contribution in [3.05, 3.63) is 96.1 Å². The van der Waals surface area contributed by atoms with Crippen molar-refractivity contribution in [2.24, 2.45) is 0 Å². The molecule has 112 valence electrons. The van der Waals surface area contributed by atoms with E-state index in [1.54, 1.807) is 0 Å². The van der Waals surface area contributed by atoms with Crippen LogP contribution < -0.4 is 5.32 Å². The monoisotopic (exact) mass is 298 g/mol. The second-order valence-electron chi connectivity index (χ2n) is 5.89. The van der Waals surface area contributed by atoms with Crippen LogP contribution in [0, 0.1) is 5.41 Å². The minimum absolute atomic E-state index is 0.114. The lowest BCUT2D eigenvalue weighted by atomic mass is 9.98. The highest BCUT2D eigenvalue weighted by Gasteiger charge is 2.40. The van der Waals surface area contributed by atoms with Gasteiger partial charge in [0.1, 0.15) is 0 Å². The van der Waals surface area contributed by atoms with Gasteiger partial charge in [-0.2, -0.15) is 0 Å². The number of rotatable bonds is 4. The first-order valence-electron chi connectivity index (χ1n) is 7.88. The number of benzene rings is 3. The fraction of sp³-hybridized carbons (Fsp3) is 0.0952. The van der Waals surface area contributed by atoms with Crippen molar-refractivity contribution in [2.45, 2.75) is 12.1 Å². The summed E-state index contributed by atoms with van der Waals surface area (Å²) in [7, 11) is 0. The molecule has 2 nitrogen and oxygen atoms in total. The molecule has 0 bridgehead atoms. The first-order chi connectivity index (χ1) is 11.3. The molecule has 0 aromatic heterocycles. The smallest absolute Gasteiger partial charge is 0.0697 e. The predicted molar refractivity (Wildman–Crippen MR) is 94.8 cm³/mol. The van der Waals surface area contributed by atoms with Crippen LogP contribution in [0.25, 0.3) is 11.1 Å². The van der Waals surface area contributed by atoms with E-state index in [4.69, 9.17) is 5.41 Å². The molecule has 1 saturated heterocycles. The lowest BCUT2D eigenvalue weighted by molar-refractivity contribution is 1.07. The van der Waals surface area contributed by atoms with E-state index in [2.05, 4.69) is 41.7 Å². The Kier molecular flexibility index (Phi) is 3.52. The highest BCUT2D eigenvalue weighted by molar-refractivity contribution is 6.05. The maximum absolute atomic E-state index is 8.52. The molecule has 4 rings (SSSR count). The Morgan fingerprint density at radius 3 is 2.13 bits per heavy atom. The molecule has 2 atom stereocenters. The summed E-state index contributed by atoms with van der Waals surface area (Å²) in [6.45, 7) is 0. The number of hydrogen-bond donors (Lipinski definition) is 2. The van der Waals surface area contributed by atoms with Crippen molar-refractivity contribution < 1.29 is 0 Å². The normalized spacial score (nSPS) is 19.3. The van der Waals surface area contributed by atoms with E-state index in [9.17, 15) is 0 Å². The first-order valence-corrected chi connectivity index (χ1v) is 7.88. The molecule has 2 N–H and O–H groups in total. The summed E-state index contributed by atoms with van der Waals surface area (Å²) in [4.78, 5) is 0. The largest absolute Gasteiger partial charge is 0.303 e. The maximum atomic E-state index is 8.52. The summed E-state index contributed by atoms with van der Waals surface area (Å²) < 4.78 is 0. The van der Waals surface area contributed by atoms with E-state index < -0.39 is 0 Å². The van der Waals surface area contributed by atoms with Gasteiger partial charge in [0, 0.05) is 0 Å². The Bertz CT molecular complexity index is 825. The summed E-state index contributed by atoms with van der Waals surface area (Å²) in [6.07, 6.45) is 0. The molecule has 1 aliphatic heterocycles. The van der Waals surface area contributed by atoms with Crippen LogP contribution in [0.1, 0.15) is 17.2 Å². The Hall–Kier alpha value is -2.71. The molecule has 0 amide bonds. The van der Waals surface area contributed by atoms with Gasteiger partial charge in [-0.25, -0.2) is 0 Å². The first kappa shape index (κ1) is 13.9. The van der Waals surface area contributed by atoms with Crippen LogP contribution in [-0.2, 0) is 0 Å². The molecule has 1 aliphatic rings. The Balaban J connectivity index is 1.56. The Labute approximate surface area is 136 Å². The van der Waals surface area contributed by atoms with E-state index in [0.29, 0.717) is 5.71 Å². The number of nitrogens with one attached hydrogen (secondary N) is 2.